The summed E-state index contributed by atoms with van der Waals surface area (Å²) in [6.45, 7) is 7.52. The van der Waals surface area contributed by atoms with Crippen molar-refractivity contribution in [2.24, 2.45) is 4.99 Å². The van der Waals surface area contributed by atoms with Crippen LogP contribution in [0.5, 0.6) is 17.2 Å². The van der Waals surface area contributed by atoms with Crippen molar-refractivity contribution in [2.45, 2.75) is 27.3 Å². The fraction of sp³-hybridized carbons (Fsp3) is 0.391. The molecule has 0 saturated heterocycles. The standard InChI is InChI=1S/C23H27FN2O4S2/c1-5-28-18-12-15(13-19(29-6-2)21(18)30-7-3)22(27)25-23-26(10-11-31-4)17-9-8-16(24)14-20(17)32-23/h8-9,12-14H,5-7,10-11H2,1-4H3. The molecular formula is C23H27FN2O4S2. The highest BCUT2D eigenvalue weighted by Gasteiger charge is 2.19. The second-order valence-corrected chi connectivity index (χ2v) is 8.65. The van der Waals surface area contributed by atoms with Crippen LogP contribution in [0.4, 0.5) is 4.39 Å². The van der Waals surface area contributed by atoms with Crippen LogP contribution in [0.1, 0.15) is 31.1 Å². The summed E-state index contributed by atoms with van der Waals surface area (Å²) in [5.41, 5.74) is 1.19. The van der Waals surface area contributed by atoms with Crippen molar-refractivity contribution in [3.8, 4) is 17.2 Å². The van der Waals surface area contributed by atoms with Crippen molar-refractivity contribution in [3.05, 3.63) is 46.5 Å². The van der Waals surface area contributed by atoms with Crippen molar-refractivity contribution in [2.75, 3.05) is 31.8 Å². The van der Waals surface area contributed by atoms with Gasteiger partial charge in [0.15, 0.2) is 16.3 Å². The van der Waals surface area contributed by atoms with E-state index in [1.807, 2.05) is 31.6 Å². The lowest BCUT2D eigenvalue weighted by Crippen LogP contribution is -2.18. The van der Waals surface area contributed by atoms with Crippen LogP contribution in [0, 0.1) is 5.82 Å². The third kappa shape index (κ3) is 5.45. The molecule has 0 bridgehead atoms. The fourth-order valence-electron chi connectivity index (χ4n) is 3.19. The van der Waals surface area contributed by atoms with Gasteiger partial charge in [-0.05, 0) is 57.4 Å². The summed E-state index contributed by atoms with van der Waals surface area (Å²) in [7, 11) is 0. The van der Waals surface area contributed by atoms with Gasteiger partial charge in [-0.2, -0.15) is 16.8 Å². The van der Waals surface area contributed by atoms with E-state index in [1.54, 1.807) is 30.0 Å². The molecule has 3 aromatic rings. The molecule has 0 aliphatic heterocycles. The maximum Gasteiger partial charge on any atom is 0.279 e. The van der Waals surface area contributed by atoms with E-state index in [4.69, 9.17) is 14.2 Å². The van der Waals surface area contributed by atoms with Crippen LogP contribution in [-0.2, 0) is 6.54 Å². The smallest absolute Gasteiger partial charge is 0.279 e. The molecule has 1 heterocycles. The van der Waals surface area contributed by atoms with E-state index in [2.05, 4.69) is 4.99 Å². The zero-order chi connectivity index (χ0) is 23.1. The van der Waals surface area contributed by atoms with Crippen molar-refractivity contribution in [1.29, 1.82) is 0 Å². The maximum atomic E-state index is 13.7. The Balaban J connectivity index is 2.11. The quantitative estimate of drug-likeness (QED) is 0.404. The van der Waals surface area contributed by atoms with Crippen molar-refractivity contribution in [3.63, 3.8) is 0 Å². The van der Waals surface area contributed by atoms with Gasteiger partial charge in [0.05, 0.1) is 30.0 Å². The van der Waals surface area contributed by atoms with Crippen LogP contribution >= 0.6 is 23.1 Å². The molecule has 0 spiro atoms. The molecule has 0 saturated carbocycles. The number of fused-ring (bicyclic) bond motifs is 1. The number of aromatic nitrogens is 1. The largest absolute Gasteiger partial charge is 0.490 e. The average molecular weight is 479 g/mol. The monoisotopic (exact) mass is 478 g/mol. The molecule has 1 aromatic heterocycles. The number of thiazole rings is 1. The number of carbonyl (C=O) groups is 1. The first-order valence-electron chi connectivity index (χ1n) is 10.5. The molecule has 0 fully saturated rings. The number of amides is 1. The number of halogens is 1. The number of aryl methyl sites for hydroxylation is 1. The van der Waals surface area contributed by atoms with Gasteiger partial charge in [0.2, 0.25) is 5.75 Å². The lowest BCUT2D eigenvalue weighted by Gasteiger charge is -2.16. The highest BCUT2D eigenvalue weighted by atomic mass is 32.2. The van der Waals surface area contributed by atoms with Crippen LogP contribution in [0.3, 0.4) is 0 Å². The number of benzene rings is 2. The molecule has 2 aromatic carbocycles. The predicted octanol–water partition coefficient (Wildman–Crippen LogP) is 5.14. The molecular weight excluding hydrogens is 451 g/mol. The van der Waals surface area contributed by atoms with E-state index < -0.39 is 5.91 Å². The van der Waals surface area contributed by atoms with Gasteiger partial charge < -0.3 is 18.8 Å². The summed E-state index contributed by atoms with van der Waals surface area (Å²) in [6, 6.07) is 7.87. The summed E-state index contributed by atoms with van der Waals surface area (Å²) in [5, 5.41) is 0. The van der Waals surface area contributed by atoms with Crippen LogP contribution in [-0.4, -0.2) is 42.3 Å². The average Bonchev–Trinajstić information content (AvgIpc) is 3.10. The zero-order valence-corrected chi connectivity index (χ0v) is 20.3. The Morgan fingerprint density at radius 1 is 1.06 bits per heavy atom. The molecule has 0 aliphatic carbocycles. The number of hydrogen-bond donors (Lipinski definition) is 0. The highest BCUT2D eigenvalue weighted by Crippen LogP contribution is 2.39. The number of ether oxygens (including phenoxy) is 3. The number of thioether (sulfide) groups is 1. The second kappa shape index (κ2) is 11.4. The molecule has 0 atom stereocenters. The third-order valence-corrected chi connectivity index (χ3v) is 6.15. The normalized spacial score (nSPS) is 11.7. The molecule has 0 N–H and O–H groups in total. The summed E-state index contributed by atoms with van der Waals surface area (Å²) in [4.78, 5) is 18.1. The Morgan fingerprint density at radius 3 is 2.31 bits per heavy atom. The lowest BCUT2D eigenvalue weighted by atomic mass is 10.1. The van der Waals surface area contributed by atoms with E-state index in [9.17, 15) is 9.18 Å². The van der Waals surface area contributed by atoms with Gasteiger partial charge in [-0.15, -0.1) is 0 Å². The Hall–Kier alpha value is -2.52. The Labute approximate surface area is 195 Å². The molecule has 0 unspecified atom stereocenters. The van der Waals surface area contributed by atoms with Gasteiger partial charge in [-0.3, -0.25) is 4.79 Å². The molecule has 1 amide bonds. The van der Waals surface area contributed by atoms with Gasteiger partial charge >= 0.3 is 0 Å². The first-order valence-corrected chi connectivity index (χ1v) is 12.7. The molecule has 0 radical (unpaired) electrons. The van der Waals surface area contributed by atoms with Gasteiger partial charge in [-0.1, -0.05) is 11.3 Å². The Kier molecular flexibility index (Phi) is 8.58. The maximum absolute atomic E-state index is 13.7. The third-order valence-electron chi connectivity index (χ3n) is 4.52. The van der Waals surface area contributed by atoms with E-state index in [0.717, 1.165) is 16.0 Å². The lowest BCUT2D eigenvalue weighted by molar-refractivity contribution is 0.0996. The SMILES string of the molecule is CCOc1cc(C(=O)N=c2sc3cc(F)ccc3n2CCSC)cc(OCC)c1OCC. The first kappa shape index (κ1) is 24.1. The Morgan fingerprint density at radius 2 is 1.72 bits per heavy atom. The summed E-state index contributed by atoms with van der Waals surface area (Å²) in [6.07, 6.45) is 2.02. The van der Waals surface area contributed by atoms with Crippen LogP contribution < -0.4 is 19.0 Å². The second-order valence-electron chi connectivity index (χ2n) is 6.66. The summed E-state index contributed by atoms with van der Waals surface area (Å²) >= 11 is 2.98. The van der Waals surface area contributed by atoms with Crippen molar-refractivity contribution >= 4 is 39.2 Å². The first-order chi connectivity index (χ1) is 15.5. The van der Waals surface area contributed by atoms with Crippen LogP contribution in [0.25, 0.3) is 10.2 Å². The number of nitrogens with zero attached hydrogens (tertiary/aromatic N) is 2. The number of hydrogen-bond acceptors (Lipinski definition) is 6. The molecule has 6 nitrogen and oxygen atoms in total. The zero-order valence-electron chi connectivity index (χ0n) is 18.6. The van der Waals surface area contributed by atoms with Gasteiger partial charge in [0, 0.05) is 17.9 Å². The van der Waals surface area contributed by atoms with E-state index in [0.29, 0.717) is 54.0 Å². The van der Waals surface area contributed by atoms with Crippen LogP contribution in [0.15, 0.2) is 35.3 Å². The highest BCUT2D eigenvalue weighted by molar-refractivity contribution is 7.98. The molecule has 3 rings (SSSR count). The molecule has 172 valence electrons. The topological polar surface area (TPSA) is 62.0 Å². The Bertz CT molecular complexity index is 1130. The predicted molar refractivity (Wildman–Crippen MR) is 128 cm³/mol. The van der Waals surface area contributed by atoms with E-state index >= 15 is 0 Å². The van der Waals surface area contributed by atoms with Gasteiger partial charge in [-0.25, -0.2) is 4.39 Å². The molecule has 32 heavy (non-hydrogen) atoms. The van der Waals surface area contributed by atoms with Gasteiger partial charge in [0.1, 0.15) is 5.82 Å². The summed E-state index contributed by atoms with van der Waals surface area (Å²) in [5.74, 6) is 1.44. The fourth-order valence-corrected chi connectivity index (χ4v) is 4.64. The summed E-state index contributed by atoms with van der Waals surface area (Å²) < 4.78 is 33.6. The van der Waals surface area contributed by atoms with E-state index in [-0.39, 0.29) is 5.82 Å². The molecule has 0 aliphatic rings. The number of rotatable bonds is 10. The van der Waals surface area contributed by atoms with Crippen molar-refractivity contribution < 1.29 is 23.4 Å². The van der Waals surface area contributed by atoms with Gasteiger partial charge in [0.25, 0.3) is 5.91 Å². The molecule has 9 heteroatoms. The van der Waals surface area contributed by atoms with E-state index in [1.165, 1.54) is 23.5 Å². The number of carbonyl (C=O) groups excluding carboxylic acids is 1. The van der Waals surface area contributed by atoms with Crippen molar-refractivity contribution in [1.82, 2.24) is 4.57 Å². The minimum atomic E-state index is -0.431. The minimum absolute atomic E-state index is 0.317. The minimum Gasteiger partial charge on any atom is -0.490 e. The van der Waals surface area contributed by atoms with Crippen LogP contribution in [0.2, 0.25) is 0 Å².